The molecular weight excluding hydrogens is 245 g/mol. The summed E-state index contributed by atoms with van der Waals surface area (Å²) < 4.78 is 38.6. The van der Waals surface area contributed by atoms with E-state index < -0.39 is 29.2 Å². The predicted molar refractivity (Wildman–Crippen MR) is 61.2 cm³/mol. The van der Waals surface area contributed by atoms with Gasteiger partial charge in [0.05, 0.1) is 11.0 Å². The summed E-state index contributed by atoms with van der Waals surface area (Å²) in [5.74, 6) is -2.00. The van der Waals surface area contributed by atoms with Gasteiger partial charge in [-0.3, -0.25) is 4.79 Å². The molecule has 0 spiro atoms. The topological polar surface area (TPSA) is 37.3 Å². The van der Waals surface area contributed by atoms with E-state index in [2.05, 4.69) is 0 Å². The number of hydrogen-bond acceptors (Lipinski definition) is 1. The number of aliphatic carboxylic acids is 1. The number of halogens is 3. The van der Waals surface area contributed by atoms with Gasteiger partial charge in [-0.1, -0.05) is 6.07 Å². The SMILES string of the molecule is Cc1cc(CC(C)(C)C(=O)O)cc(F)c1C(F)F. The maximum Gasteiger partial charge on any atom is 0.309 e. The lowest BCUT2D eigenvalue weighted by Crippen LogP contribution is -2.26. The molecule has 18 heavy (non-hydrogen) atoms. The lowest BCUT2D eigenvalue weighted by atomic mass is 9.85. The summed E-state index contributed by atoms with van der Waals surface area (Å²) in [6.45, 7) is 4.40. The highest BCUT2D eigenvalue weighted by atomic mass is 19.3. The summed E-state index contributed by atoms with van der Waals surface area (Å²) in [4.78, 5) is 11.0. The van der Waals surface area contributed by atoms with Crippen molar-refractivity contribution in [2.75, 3.05) is 0 Å². The van der Waals surface area contributed by atoms with Crippen molar-refractivity contribution in [2.24, 2.45) is 5.41 Å². The highest BCUT2D eigenvalue weighted by molar-refractivity contribution is 5.74. The fourth-order valence-corrected chi connectivity index (χ4v) is 1.79. The first-order valence-corrected chi connectivity index (χ1v) is 5.45. The van der Waals surface area contributed by atoms with Crippen molar-refractivity contribution >= 4 is 5.97 Å². The van der Waals surface area contributed by atoms with Gasteiger partial charge in [-0.05, 0) is 44.4 Å². The Balaban J connectivity index is 3.12. The molecule has 0 fully saturated rings. The van der Waals surface area contributed by atoms with E-state index in [1.807, 2.05) is 0 Å². The number of aryl methyl sites for hydroxylation is 1. The summed E-state index contributed by atoms with van der Waals surface area (Å²) in [5, 5.41) is 8.97. The van der Waals surface area contributed by atoms with Gasteiger partial charge in [0, 0.05) is 0 Å². The van der Waals surface area contributed by atoms with Crippen molar-refractivity contribution < 1.29 is 23.1 Å². The number of hydrogen-bond donors (Lipinski definition) is 1. The van der Waals surface area contributed by atoms with Gasteiger partial charge in [0.2, 0.25) is 0 Å². The van der Waals surface area contributed by atoms with Gasteiger partial charge in [0.15, 0.2) is 0 Å². The Kier molecular flexibility index (Phi) is 4.04. The molecule has 1 rings (SSSR count). The maximum absolute atomic E-state index is 13.5. The first-order valence-electron chi connectivity index (χ1n) is 5.45. The molecule has 1 N–H and O–H groups in total. The second kappa shape index (κ2) is 5.00. The summed E-state index contributed by atoms with van der Waals surface area (Å²) in [6.07, 6.45) is -2.78. The van der Waals surface area contributed by atoms with Gasteiger partial charge >= 0.3 is 5.97 Å². The minimum Gasteiger partial charge on any atom is -0.481 e. The fraction of sp³-hybridized carbons (Fsp3) is 0.462. The Morgan fingerprint density at radius 1 is 1.39 bits per heavy atom. The van der Waals surface area contributed by atoms with Crippen LogP contribution in [0.2, 0.25) is 0 Å². The molecule has 0 saturated heterocycles. The van der Waals surface area contributed by atoms with E-state index >= 15 is 0 Å². The number of carboxylic acid groups (broad SMARTS) is 1. The molecule has 0 aromatic heterocycles. The molecule has 0 bridgehead atoms. The van der Waals surface area contributed by atoms with Gasteiger partial charge in [-0.2, -0.15) is 0 Å². The predicted octanol–water partition coefficient (Wildman–Crippen LogP) is 3.73. The van der Waals surface area contributed by atoms with Crippen LogP contribution in [-0.2, 0) is 11.2 Å². The third kappa shape index (κ3) is 3.03. The molecule has 5 heteroatoms. The molecule has 100 valence electrons. The lowest BCUT2D eigenvalue weighted by molar-refractivity contribution is -0.146. The highest BCUT2D eigenvalue weighted by Gasteiger charge is 2.28. The van der Waals surface area contributed by atoms with Gasteiger partial charge in [-0.25, -0.2) is 13.2 Å². The van der Waals surface area contributed by atoms with E-state index in [1.54, 1.807) is 0 Å². The van der Waals surface area contributed by atoms with Crippen LogP contribution >= 0.6 is 0 Å². The molecule has 0 aliphatic carbocycles. The second-order valence-corrected chi connectivity index (χ2v) is 4.97. The average Bonchev–Trinajstić information content (AvgIpc) is 2.13. The third-order valence-corrected chi connectivity index (χ3v) is 2.84. The molecule has 0 atom stereocenters. The Hall–Kier alpha value is -1.52. The van der Waals surface area contributed by atoms with E-state index in [9.17, 15) is 18.0 Å². The van der Waals surface area contributed by atoms with Crippen molar-refractivity contribution in [1.29, 1.82) is 0 Å². The average molecular weight is 260 g/mol. The molecule has 1 aromatic carbocycles. The Morgan fingerprint density at radius 3 is 2.33 bits per heavy atom. The van der Waals surface area contributed by atoms with Gasteiger partial charge in [0.1, 0.15) is 5.82 Å². The smallest absolute Gasteiger partial charge is 0.309 e. The molecule has 0 aliphatic heterocycles. The summed E-state index contributed by atoms with van der Waals surface area (Å²) >= 11 is 0. The van der Waals surface area contributed by atoms with Crippen LogP contribution in [0.4, 0.5) is 13.2 Å². The minimum absolute atomic E-state index is 0.0869. The van der Waals surface area contributed by atoms with Crippen LogP contribution in [-0.4, -0.2) is 11.1 Å². The largest absolute Gasteiger partial charge is 0.481 e. The number of benzene rings is 1. The molecule has 1 aromatic rings. The fourth-order valence-electron chi connectivity index (χ4n) is 1.79. The number of carboxylic acids is 1. The van der Waals surface area contributed by atoms with Crippen LogP contribution in [0.3, 0.4) is 0 Å². The molecule has 0 unspecified atom stereocenters. The van der Waals surface area contributed by atoms with E-state index in [0.717, 1.165) is 6.07 Å². The Morgan fingerprint density at radius 2 is 1.94 bits per heavy atom. The van der Waals surface area contributed by atoms with Gasteiger partial charge in [-0.15, -0.1) is 0 Å². The van der Waals surface area contributed by atoms with Crippen molar-refractivity contribution in [3.05, 3.63) is 34.6 Å². The molecule has 0 saturated carbocycles. The zero-order valence-corrected chi connectivity index (χ0v) is 10.4. The van der Waals surface area contributed by atoms with E-state index in [0.29, 0.717) is 5.56 Å². The van der Waals surface area contributed by atoms with Crippen LogP contribution in [0.15, 0.2) is 12.1 Å². The summed E-state index contributed by atoms with van der Waals surface area (Å²) in [7, 11) is 0. The van der Waals surface area contributed by atoms with Crippen molar-refractivity contribution in [3.63, 3.8) is 0 Å². The Labute approximate surface area is 103 Å². The zero-order chi connectivity index (χ0) is 14.1. The Bertz CT molecular complexity index is 444. The quantitative estimate of drug-likeness (QED) is 0.895. The van der Waals surface area contributed by atoms with Crippen LogP contribution in [0.1, 0.15) is 37.0 Å². The monoisotopic (exact) mass is 260 g/mol. The minimum atomic E-state index is -2.87. The second-order valence-electron chi connectivity index (χ2n) is 4.97. The molecule has 2 nitrogen and oxygen atoms in total. The third-order valence-electron chi connectivity index (χ3n) is 2.84. The van der Waals surface area contributed by atoms with Crippen molar-refractivity contribution in [1.82, 2.24) is 0 Å². The molecular formula is C13H15F3O2. The highest BCUT2D eigenvalue weighted by Crippen LogP contribution is 2.29. The van der Waals surface area contributed by atoms with Gasteiger partial charge < -0.3 is 5.11 Å². The maximum atomic E-state index is 13.5. The summed E-state index contributed by atoms with van der Waals surface area (Å²) in [6, 6.07) is 2.40. The zero-order valence-electron chi connectivity index (χ0n) is 10.4. The normalized spacial score (nSPS) is 11.9. The van der Waals surface area contributed by atoms with Crippen LogP contribution in [0, 0.1) is 18.2 Å². The number of carbonyl (C=O) groups is 1. The van der Waals surface area contributed by atoms with Crippen LogP contribution in [0.25, 0.3) is 0 Å². The molecule has 0 heterocycles. The van der Waals surface area contributed by atoms with Gasteiger partial charge in [0.25, 0.3) is 6.43 Å². The number of alkyl halides is 2. The van der Waals surface area contributed by atoms with Crippen molar-refractivity contribution in [2.45, 2.75) is 33.6 Å². The first-order chi connectivity index (χ1) is 8.15. The van der Waals surface area contributed by atoms with Crippen molar-refractivity contribution in [3.8, 4) is 0 Å². The standard InChI is InChI=1S/C13H15F3O2/c1-7-4-8(6-13(2,3)12(17)18)5-9(14)10(7)11(15)16/h4-5,11H,6H2,1-3H3,(H,17,18). The van der Waals surface area contributed by atoms with Crippen LogP contribution < -0.4 is 0 Å². The van der Waals surface area contributed by atoms with Crippen LogP contribution in [0.5, 0.6) is 0 Å². The number of rotatable bonds is 4. The van der Waals surface area contributed by atoms with E-state index in [1.165, 1.54) is 26.8 Å². The summed E-state index contributed by atoms with van der Waals surface area (Å²) in [5.41, 5.74) is -1.14. The van der Waals surface area contributed by atoms with E-state index in [-0.39, 0.29) is 12.0 Å². The van der Waals surface area contributed by atoms with E-state index in [4.69, 9.17) is 5.11 Å². The molecule has 0 radical (unpaired) electrons. The molecule has 0 amide bonds. The first kappa shape index (κ1) is 14.5. The molecule has 0 aliphatic rings. The lowest BCUT2D eigenvalue weighted by Gasteiger charge is -2.20.